The minimum absolute atomic E-state index is 0.0810. The molecule has 0 bridgehead atoms. The highest BCUT2D eigenvalue weighted by Gasteiger charge is 2.24. The SMILES string of the molecule is NCc1ccc(C(=O)NC2CCN(C(=O)Nc3ccccc3)CC2)cc1. The number of nitrogens with one attached hydrogen (secondary N) is 2. The Morgan fingerprint density at radius 3 is 2.27 bits per heavy atom. The molecule has 1 aliphatic rings. The molecule has 3 amide bonds. The van der Waals surface area contributed by atoms with Gasteiger partial charge in [-0.05, 0) is 42.7 Å². The second-order valence-electron chi connectivity index (χ2n) is 6.43. The quantitative estimate of drug-likeness (QED) is 0.790. The zero-order valence-electron chi connectivity index (χ0n) is 14.7. The second-order valence-corrected chi connectivity index (χ2v) is 6.43. The summed E-state index contributed by atoms with van der Waals surface area (Å²) in [5.74, 6) is -0.0826. The van der Waals surface area contributed by atoms with Crippen molar-refractivity contribution in [2.45, 2.75) is 25.4 Å². The molecule has 6 heteroatoms. The summed E-state index contributed by atoms with van der Waals surface area (Å²) in [6.07, 6.45) is 1.49. The van der Waals surface area contributed by atoms with E-state index < -0.39 is 0 Å². The second kappa shape index (κ2) is 8.49. The first kappa shape index (κ1) is 17.9. The topological polar surface area (TPSA) is 87.5 Å². The Labute approximate surface area is 153 Å². The van der Waals surface area contributed by atoms with Crippen LogP contribution < -0.4 is 16.4 Å². The number of benzene rings is 2. The monoisotopic (exact) mass is 352 g/mol. The average molecular weight is 352 g/mol. The summed E-state index contributed by atoms with van der Waals surface area (Å²) in [4.78, 5) is 26.4. The molecule has 4 N–H and O–H groups in total. The van der Waals surface area contributed by atoms with Gasteiger partial charge in [0.25, 0.3) is 5.91 Å². The van der Waals surface area contributed by atoms with Crippen LogP contribution in [0.15, 0.2) is 54.6 Å². The fourth-order valence-corrected chi connectivity index (χ4v) is 3.01. The van der Waals surface area contributed by atoms with Crippen LogP contribution in [0, 0.1) is 0 Å². The van der Waals surface area contributed by atoms with E-state index in [1.165, 1.54) is 0 Å². The summed E-state index contributed by atoms with van der Waals surface area (Å²) in [6, 6.07) is 16.7. The molecule has 0 saturated carbocycles. The lowest BCUT2D eigenvalue weighted by Crippen LogP contribution is -2.47. The van der Waals surface area contributed by atoms with Gasteiger partial charge in [0.05, 0.1) is 0 Å². The number of carbonyl (C=O) groups is 2. The van der Waals surface area contributed by atoms with E-state index in [9.17, 15) is 9.59 Å². The number of rotatable bonds is 4. The molecule has 3 rings (SSSR count). The summed E-state index contributed by atoms with van der Waals surface area (Å²) in [5, 5.41) is 5.95. The average Bonchev–Trinajstić information content (AvgIpc) is 2.69. The van der Waals surface area contributed by atoms with E-state index in [4.69, 9.17) is 5.73 Å². The van der Waals surface area contributed by atoms with E-state index in [1.54, 1.807) is 17.0 Å². The lowest BCUT2D eigenvalue weighted by Gasteiger charge is -2.32. The number of para-hydroxylation sites is 1. The van der Waals surface area contributed by atoms with Crippen molar-refractivity contribution in [2.24, 2.45) is 5.73 Å². The van der Waals surface area contributed by atoms with Crippen molar-refractivity contribution in [2.75, 3.05) is 18.4 Å². The molecule has 2 aromatic carbocycles. The molecule has 1 fully saturated rings. The van der Waals surface area contributed by atoms with Gasteiger partial charge in [-0.1, -0.05) is 30.3 Å². The smallest absolute Gasteiger partial charge is 0.321 e. The summed E-state index contributed by atoms with van der Waals surface area (Å²) in [6.45, 7) is 1.71. The van der Waals surface area contributed by atoms with Gasteiger partial charge in [-0.3, -0.25) is 4.79 Å². The highest BCUT2D eigenvalue weighted by Crippen LogP contribution is 2.14. The van der Waals surface area contributed by atoms with Crippen LogP contribution in [-0.2, 0) is 6.54 Å². The molecule has 1 saturated heterocycles. The number of urea groups is 1. The van der Waals surface area contributed by atoms with Crippen molar-refractivity contribution < 1.29 is 9.59 Å². The van der Waals surface area contributed by atoms with Gasteiger partial charge in [-0.25, -0.2) is 4.79 Å². The molecule has 0 spiro atoms. The Morgan fingerprint density at radius 2 is 1.65 bits per heavy atom. The minimum atomic E-state index is -0.0988. The third-order valence-corrected chi connectivity index (χ3v) is 4.59. The molecular formula is C20H24N4O2. The normalized spacial score (nSPS) is 14.7. The van der Waals surface area contributed by atoms with E-state index in [0.717, 1.165) is 24.1 Å². The maximum absolute atomic E-state index is 12.3. The largest absolute Gasteiger partial charge is 0.349 e. The molecule has 0 unspecified atom stereocenters. The zero-order valence-corrected chi connectivity index (χ0v) is 14.7. The maximum Gasteiger partial charge on any atom is 0.321 e. The van der Waals surface area contributed by atoms with E-state index in [-0.39, 0.29) is 18.0 Å². The fraction of sp³-hybridized carbons (Fsp3) is 0.300. The van der Waals surface area contributed by atoms with Crippen molar-refractivity contribution >= 4 is 17.6 Å². The molecule has 0 aliphatic carbocycles. The molecule has 26 heavy (non-hydrogen) atoms. The summed E-state index contributed by atoms with van der Waals surface area (Å²) < 4.78 is 0. The fourth-order valence-electron chi connectivity index (χ4n) is 3.01. The Morgan fingerprint density at radius 1 is 1.00 bits per heavy atom. The first-order valence-electron chi connectivity index (χ1n) is 8.86. The van der Waals surface area contributed by atoms with E-state index in [2.05, 4.69) is 10.6 Å². The first-order valence-corrected chi connectivity index (χ1v) is 8.86. The minimum Gasteiger partial charge on any atom is -0.349 e. The van der Waals surface area contributed by atoms with Gasteiger partial charge < -0.3 is 21.3 Å². The third kappa shape index (κ3) is 4.61. The number of hydrogen-bond donors (Lipinski definition) is 3. The van der Waals surface area contributed by atoms with Crippen LogP contribution in [0.4, 0.5) is 10.5 Å². The summed E-state index contributed by atoms with van der Waals surface area (Å²) in [5.41, 5.74) is 7.99. The predicted molar refractivity (Wildman–Crippen MR) is 102 cm³/mol. The molecule has 0 atom stereocenters. The first-order chi connectivity index (χ1) is 12.7. The van der Waals surface area contributed by atoms with E-state index in [0.29, 0.717) is 25.2 Å². The number of nitrogens with two attached hydrogens (primary N) is 1. The number of carbonyl (C=O) groups excluding carboxylic acids is 2. The van der Waals surface area contributed by atoms with Crippen LogP contribution in [0.5, 0.6) is 0 Å². The van der Waals surface area contributed by atoms with Crippen LogP contribution in [0.1, 0.15) is 28.8 Å². The Hall–Kier alpha value is -2.86. The molecule has 0 radical (unpaired) electrons. The van der Waals surface area contributed by atoms with Crippen molar-refractivity contribution in [1.82, 2.24) is 10.2 Å². The number of anilines is 1. The summed E-state index contributed by atoms with van der Waals surface area (Å²) >= 11 is 0. The molecule has 1 heterocycles. The van der Waals surface area contributed by atoms with Gasteiger partial charge in [-0.2, -0.15) is 0 Å². The third-order valence-electron chi connectivity index (χ3n) is 4.59. The number of likely N-dealkylation sites (tertiary alicyclic amines) is 1. The van der Waals surface area contributed by atoms with Gasteiger partial charge in [0.1, 0.15) is 0 Å². The van der Waals surface area contributed by atoms with E-state index in [1.807, 2.05) is 42.5 Å². The van der Waals surface area contributed by atoms with Gasteiger partial charge in [0, 0.05) is 36.9 Å². The van der Waals surface area contributed by atoms with E-state index >= 15 is 0 Å². The van der Waals surface area contributed by atoms with Crippen LogP contribution in [0.3, 0.4) is 0 Å². The number of piperidine rings is 1. The van der Waals surface area contributed by atoms with Crippen molar-refractivity contribution in [3.63, 3.8) is 0 Å². The molecule has 136 valence electrons. The molecule has 1 aliphatic heterocycles. The molecule has 6 nitrogen and oxygen atoms in total. The number of amides is 3. The molecular weight excluding hydrogens is 328 g/mol. The van der Waals surface area contributed by atoms with Gasteiger partial charge in [-0.15, -0.1) is 0 Å². The number of nitrogens with zero attached hydrogens (tertiary/aromatic N) is 1. The van der Waals surface area contributed by atoms with Crippen LogP contribution in [0.25, 0.3) is 0 Å². The Balaban J connectivity index is 1.47. The Kier molecular flexibility index (Phi) is 5.86. The predicted octanol–water partition coefficient (Wildman–Crippen LogP) is 2.57. The highest BCUT2D eigenvalue weighted by atomic mass is 16.2. The van der Waals surface area contributed by atoms with Crippen molar-refractivity contribution in [1.29, 1.82) is 0 Å². The molecule has 2 aromatic rings. The summed E-state index contributed by atoms with van der Waals surface area (Å²) in [7, 11) is 0. The van der Waals surface area contributed by atoms with Gasteiger partial charge in [0.15, 0.2) is 0 Å². The maximum atomic E-state index is 12.3. The van der Waals surface area contributed by atoms with Crippen molar-refractivity contribution in [3.8, 4) is 0 Å². The number of hydrogen-bond acceptors (Lipinski definition) is 3. The Bertz CT molecular complexity index is 738. The molecule has 0 aromatic heterocycles. The lowest BCUT2D eigenvalue weighted by atomic mass is 10.0. The van der Waals surface area contributed by atoms with Gasteiger partial charge >= 0.3 is 6.03 Å². The van der Waals surface area contributed by atoms with Gasteiger partial charge in [0.2, 0.25) is 0 Å². The van der Waals surface area contributed by atoms with Crippen LogP contribution in [0.2, 0.25) is 0 Å². The van der Waals surface area contributed by atoms with Crippen LogP contribution >= 0.6 is 0 Å². The van der Waals surface area contributed by atoms with Crippen LogP contribution in [-0.4, -0.2) is 36.0 Å². The highest BCUT2D eigenvalue weighted by molar-refractivity contribution is 5.94. The van der Waals surface area contributed by atoms with Crippen molar-refractivity contribution in [3.05, 3.63) is 65.7 Å². The lowest BCUT2D eigenvalue weighted by molar-refractivity contribution is 0.0919. The standard InChI is InChI=1S/C20H24N4O2/c21-14-15-6-8-16(9-7-15)19(25)22-18-10-12-24(13-11-18)20(26)23-17-4-2-1-3-5-17/h1-9,18H,10-14,21H2,(H,22,25)(H,23,26). The zero-order chi connectivity index (χ0) is 18.4.